The summed E-state index contributed by atoms with van der Waals surface area (Å²) in [6, 6.07) is 3.71. The van der Waals surface area contributed by atoms with Gasteiger partial charge in [0.05, 0.1) is 12.6 Å². The number of aryl methyl sites for hydroxylation is 1. The van der Waals surface area contributed by atoms with Gasteiger partial charge in [0.25, 0.3) is 5.56 Å². The predicted octanol–water partition coefficient (Wildman–Crippen LogP) is 0.370. The molecule has 0 spiro atoms. The Bertz CT molecular complexity index is 398. The third kappa shape index (κ3) is 1.23. The van der Waals surface area contributed by atoms with Crippen molar-refractivity contribution < 1.29 is 5.11 Å². The predicted molar refractivity (Wildman–Crippen MR) is 54.7 cm³/mol. The molecule has 14 heavy (non-hydrogen) atoms. The zero-order valence-corrected chi connectivity index (χ0v) is 8.16. The first-order valence-electron chi connectivity index (χ1n) is 4.81. The van der Waals surface area contributed by atoms with Crippen molar-refractivity contribution in [2.75, 3.05) is 19.0 Å². The molecule has 0 bridgehead atoms. The number of pyridine rings is 1. The van der Waals surface area contributed by atoms with Crippen molar-refractivity contribution in [3.05, 3.63) is 28.2 Å². The average Bonchev–Trinajstić information content (AvgIpc) is 2.62. The van der Waals surface area contributed by atoms with Gasteiger partial charge in [-0.2, -0.15) is 0 Å². The molecular weight excluding hydrogens is 180 g/mol. The molecule has 2 N–H and O–H groups in total. The van der Waals surface area contributed by atoms with Crippen molar-refractivity contribution in [2.45, 2.75) is 18.9 Å². The van der Waals surface area contributed by atoms with Crippen LogP contribution in [0.15, 0.2) is 16.9 Å². The second-order valence-corrected chi connectivity index (χ2v) is 3.54. The Morgan fingerprint density at radius 1 is 1.64 bits per heavy atom. The molecule has 0 radical (unpaired) electrons. The number of aliphatic hydroxyl groups is 1. The van der Waals surface area contributed by atoms with Gasteiger partial charge in [-0.05, 0) is 25.0 Å². The quantitative estimate of drug-likeness (QED) is 0.715. The van der Waals surface area contributed by atoms with Crippen LogP contribution in [0.25, 0.3) is 0 Å². The van der Waals surface area contributed by atoms with Gasteiger partial charge < -0.3 is 15.0 Å². The van der Waals surface area contributed by atoms with Crippen molar-refractivity contribution in [3.8, 4) is 0 Å². The molecule has 2 heterocycles. The molecule has 1 atom stereocenters. The van der Waals surface area contributed by atoms with Gasteiger partial charge >= 0.3 is 0 Å². The lowest BCUT2D eigenvalue weighted by Gasteiger charge is -2.12. The fourth-order valence-corrected chi connectivity index (χ4v) is 2.00. The van der Waals surface area contributed by atoms with E-state index in [-0.39, 0.29) is 18.2 Å². The number of aromatic nitrogens is 1. The van der Waals surface area contributed by atoms with E-state index in [1.807, 2.05) is 6.07 Å². The smallest absolute Gasteiger partial charge is 0.274 e. The number of nitrogens with zero attached hydrogens (tertiary/aromatic N) is 1. The van der Waals surface area contributed by atoms with E-state index in [9.17, 15) is 4.79 Å². The van der Waals surface area contributed by atoms with E-state index < -0.39 is 0 Å². The van der Waals surface area contributed by atoms with Crippen molar-refractivity contribution in [1.82, 2.24) is 4.57 Å². The van der Waals surface area contributed by atoms with Crippen LogP contribution in [0.4, 0.5) is 5.69 Å². The minimum atomic E-state index is -0.0363. The van der Waals surface area contributed by atoms with E-state index in [0.29, 0.717) is 5.69 Å². The number of nitrogens with one attached hydrogen (secondary N) is 1. The normalized spacial score (nSPS) is 19.4. The summed E-state index contributed by atoms with van der Waals surface area (Å²) in [4.78, 5) is 11.9. The van der Waals surface area contributed by atoms with Crippen LogP contribution in [0, 0.1) is 0 Å². The minimum absolute atomic E-state index is 0.0263. The molecule has 4 heteroatoms. The minimum Gasteiger partial charge on any atom is -0.394 e. The number of aliphatic hydroxyl groups excluding tert-OH is 1. The number of hydrogen-bond acceptors (Lipinski definition) is 3. The molecule has 0 amide bonds. The summed E-state index contributed by atoms with van der Waals surface area (Å²) in [5.74, 6) is 0. The van der Waals surface area contributed by atoms with Crippen molar-refractivity contribution in [1.29, 1.82) is 0 Å². The molecule has 0 fully saturated rings. The SMILES string of the molecule is CNc1ccc2n(c1=O)[C@H](CO)CC2. The molecule has 0 unspecified atom stereocenters. The van der Waals surface area contributed by atoms with Gasteiger partial charge in [0.2, 0.25) is 0 Å². The number of fused-ring (bicyclic) bond motifs is 1. The number of anilines is 1. The summed E-state index contributed by atoms with van der Waals surface area (Å²) in [7, 11) is 1.73. The molecule has 0 aliphatic carbocycles. The zero-order valence-electron chi connectivity index (χ0n) is 8.16. The Morgan fingerprint density at radius 3 is 3.07 bits per heavy atom. The van der Waals surface area contributed by atoms with Gasteiger partial charge in [0.1, 0.15) is 5.69 Å². The largest absolute Gasteiger partial charge is 0.394 e. The van der Waals surface area contributed by atoms with E-state index in [0.717, 1.165) is 18.5 Å². The summed E-state index contributed by atoms with van der Waals surface area (Å²) in [6.45, 7) is 0.0417. The molecule has 0 saturated heterocycles. The summed E-state index contributed by atoms with van der Waals surface area (Å²) in [6.07, 6.45) is 1.74. The van der Waals surface area contributed by atoms with Crippen molar-refractivity contribution in [2.24, 2.45) is 0 Å². The van der Waals surface area contributed by atoms with E-state index in [4.69, 9.17) is 5.11 Å². The molecule has 1 aromatic heterocycles. The third-order valence-corrected chi connectivity index (χ3v) is 2.78. The molecule has 76 valence electrons. The Balaban J connectivity index is 2.56. The van der Waals surface area contributed by atoms with Crippen molar-refractivity contribution >= 4 is 5.69 Å². The van der Waals surface area contributed by atoms with Crippen LogP contribution < -0.4 is 10.9 Å². The average molecular weight is 194 g/mol. The van der Waals surface area contributed by atoms with Crippen molar-refractivity contribution in [3.63, 3.8) is 0 Å². The molecular formula is C10H14N2O2. The lowest BCUT2D eigenvalue weighted by atomic mass is 10.2. The first-order valence-corrected chi connectivity index (χ1v) is 4.81. The van der Waals surface area contributed by atoms with Crippen LogP contribution in [0.2, 0.25) is 0 Å². The molecule has 4 nitrogen and oxygen atoms in total. The molecule has 0 aromatic carbocycles. The maximum Gasteiger partial charge on any atom is 0.274 e. The maximum atomic E-state index is 11.9. The first-order chi connectivity index (χ1) is 6.77. The second-order valence-electron chi connectivity index (χ2n) is 3.54. The van der Waals surface area contributed by atoms with Gasteiger partial charge in [-0.3, -0.25) is 4.79 Å². The third-order valence-electron chi connectivity index (χ3n) is 2.78. The first kappa shape index (κ1) is 9.27. The summed E-state index contributed by atoms with van der Waals surface area (Å²) < 4.78 is 1.70. The zero-order chi connectivity index (χ0) is 10.1. The highest BCUT2D eigenvalue weighted by atomic mass is 16.3. The topological polar surface area (TPSA) is 54.3 Å². The Labute approximate surface area is 82.2 Å². The summed E-state index contributed by atoms with van der Waals surface area (Å²) in [5, 5.41) is 12.0. The number of hydrogen-bond donors (Lipinski definition) is 2. The molecule has 1 aliphatic rings. The monoisotopic (exact) mass is 194 g/mol. The van der Waals surface area contributed by atoms with E-state index in [2.05, 4.69) is 5.32 Å². The molecule has 2 rings (SSSR count). The maximum absolute atomic E-state index is 11.9. The standard InChI is InChI=1S/C10H14N2O2/c1-11-9-5-4-7-2-3-8(6-13)12(7)10(9)14/h4-5,8,11,13H,2-3,6H2,1H3/t8-/m0/s1. The van der Waals surface area contributed by atoms with Gasteiger partial charge in [-0.25, -0.2) is 0 Å². The highest BCUT2D eigenvalue weighted by molar-refractivity contribution is 5.41. The lowest BCUT2D eigenvalue weighted by Crippen LogP contribution is -2.26. The van der Waals surface area contributed by atoms with Crippen LogP contribution in [-0.4, -0.2) is 23.3 Å². The molecule has 1 aliphatic heterocycles. The second kappa shape index (κ2) is 3.46. The Hall–Kier alpha value is -1.29. The van der Waals surface area contributed by atoms with Gasteiger partial charge in [0.15, 0.2) is 0 Å². The van der Waals surface area contributed by atoms with Crippen LogP contribution in [-0.2, 0) is 6.42 Å². The molecule has 0 saturated carbocycles. The fraction of sp³-hybridized carbons (Fsp3) is 0.500. The Morgan fingerprint density at radius 2 is 2.43 bits per heavy atom. The fourth-order valence-electron chi connectivity index (χ4n) is 2.00. The van der Waals surface area contributed by atoms with Gasteiger partial charge in [0, 0.05) is 12.7 Å². The number of rotatable bonds is 2. The summed E-state index contributed by atoms with van der Waals surface area (Å²) in [5.41, 5.74) is 1.59. The highest BCUT2D eigenvalue weighted by Gasteiger charge is 2.22. The Kier molecular flexibility index (Phi) is 2.29. The van der Waals surface area contributed by atoms with Gasteiger partial charge in [-0.15, -0.1) is 0 Å². The van der Waals surface area contributed by atoms with Gasteiger partial charge in [-0.1, -0.05) is 0 Å². The molecule has 1 aromatic rings. The lowest BCUT2D eigenvalue weighted by molar-refractivity contribution is 0.231. The van der Waals surface area contributed by atoms with Crippen LogP contribution in [0.1, 0.15) is 18.2 Å². The van der Waals surface area contributed by atoms with E-state index in [1.54, 1.807) is 17.7 Å². The van der Waals surface area contributed by atoms with Crippen LogP contribution in [0.3, 0.4) is 0 Å². The van der Waals surface area contributed by atoms with E-state index >= 15 is 0 Å². The van der Waals surface area contributed by atoms with E-state index in [1.165, 1.54) is 0 Å². The summed E-state index contributed by atoms with van der Waals surface area (Å²) >= 11 is 0. The van der Waals surface area contributed by atoms with Crippen LogP contribution in [0.5, 0.6) is 0 Å². The van der Waals surface area contributed by atoms with Crippen LogP contribution >= 0.6 is 0 Å². The highest BCUT2D eigenvalue weighted by Crippen LogP contribution is 2.23.